The second-order valence-corrected chi connectivity index (χ2v) is 9.84. The van der Waals surface area contributed by atoms with Crippen LogP contribution in [0, 0.1) is 20.8 Å². The fraction of sp³-hybridized carbons (Fsp3) is 0.500. The van der Waals surface area contributed by atoms with Gasteiger partial charge >= 0.3 is 0 Å². The Kier molecular flexibility index (Phi) is 6.95. The van der Waals surface area contributed by atoms with E-state index < -0.39 is 16.1 Å². The van der Waals surface area contributed by atoms with E-state index in [0.717, 1.165) is 5.56 Å². The third-order valence-corrected chi connectivity index (χ3v) is 8.06. The predicted octanol–water partition coefficient (Wildman–Crippen LogP) is 2.60. The second-order valence-electron chi connectivity index (χ2n) is 7.56. The normalized spacial score (nSPS) is 16.8. The Morgan fingerprint density at radius 2 is 1.87 bits per heavy atom. The summed E-state index contributed by atoms with van der Waals surface area (Å²) in [5.41, 5.74) is 1.71. The zero-order valence-corrected chi connectivity index (χ0v) is 19.8. The highest BCUT2D eigenvalue weighted by Crippen LogP contribution is 2.31. The molecule has 1 amide bonds. The summed E-state index contributed by atoms with van der Waals surface area (Å²) in [5, 5.41) is 7.19. The first kappa shape index (κ1) is 23.5. The smallest absolute Gasteiger partial charge is 0.248 e. The molecule has 1 N–H and O–H groups in total. The molecule has 0 bridgehead atoms. The van der Waals surface area contributed by atoms with Crippen LogP contribution in [0.3, 0.4) is 0 Å². The van der Waals surface area contributed by atoms with Crippen LogP contribution in [0.15, 0.2) is 21.6 Å². The van der Waals surface area contributed by atoms with Crippen LogP contribution in [0.2, 0.25) is 5.02 Å². The molecule has 2 heterocycles. The number of nitrogens with zero attached hydrogens (tertiary/aromatic N) is 3. The highest BCUT2D eigenvalue weighted by Gasteiger charge is 2.35. The molecule has 3 rings (SSSR count). The number of anilines is 1. The van der Waals surface area contributed by atoms with Crippen molar-refractivity contribution in [1.82, 2.24) is 14.4 Å². The number of carbonyl (C=O) groups is 1. The van der Waals surface area contributed by atoms with Gasteiger partial charge in [0.25, 0.3) is 0 Å². The maximum atomic E-state index is 13.0. The molecule has 2 aromatic rings. The van der Waals surface area contributed by atoms with Gasteiger partial charge in [-0.2, -0.15) is 4.31 Å². The highest BCUT2D eigenvalue weighted by molar-refractivity contribution is 7.89. The average Bonchev–Trinajstić information content (AvgIpc) is 3.08. The first-order valence-electron chi connectivity index (χ1n) is 9.88. The van der Waals surface area contributed by atoms with E-state index in [-0.39, 0.29) is 29.7 Å². The molecule has 1 atom stereocenters. The van der Waals surface area contributed by atoms with E-state index in [9.17, 15) is 13.2 Å². The summed E-state index contributed by atoms with van der Waals surface area (Å²) >= 11 is 6.13. The van der Waals surface area contributed by atoms with Gasteiger partial charge in [0, 0.05) is 37.3 Å². The molecule has 1 fully saturated rings. The number of rotatable bonds is 6. The van der Waals surface area contributed by atoms with Gasteiger partial charge in [-0.3, -0.25) is 9.69 Å². The highest BCUT2D eigenvalue weighted by atomic mass is 35.5. The summed E-state index contributed by atoms with van der Waals surface area (Å²) in [6, 6.07) is 2.97. The molecule has 0 spiro atoms. The Morgan fingerprint density at radius 3 is 2.42 bits per heavy atom. The molecule has 0 aliphatic carbocycles. The number of benzene rings is 1. The van der Waals surface area contributed by atoms with Crippen LogP contribution in [0.4, 0.5) is 5.69 Å². The SMILES string of the molecule is COc1cc(Cl)c(C)cc1NC(=O)[C@@H](C)N1CCN(S(=O)(=O)c2c(C)noc2C)CC1. The average molecular weight is 471 g/mol. The molecular formula is C20H27ClN4O5S. The Labute approximate surface area is 187 Å². The van der Waals surface area contributed by atoms with Crippen molar-refractivity contribution < 1.29 is 22.5 Å². The molecule has 170 valence electrons. The first-order chi connectivity index (χ1) is 14.6. The minimum Gasteiger partial charge on any atom is -0.495 e. The van der Waals surface area contributed by atoms with Crippen LogP contribution < -0.4 is 10.1 Å². The molecule has 11 heteroatoms. The number of hydrogen-bond donors (Lipinski definition) is 1. The molecule has 1 saturated heterocycles. The van der Waals surface area contributed by atoms with Crippen LogP contribution in [-0.4, -0.2) is 68.0 Å². The van der Waals surface area contributed by atoms with Crippen molar-refractivity contribution >= 4 is 33.2 Å². The van der Waals surface area contributed by atoms with Gasteiger partial charge in [0.2, 0.25) is 15.9 Å². The molecule has 31 heavy (non-hydrogen) atoms. The summed E-state index contributed by atoms with van der Waals surface area (Å²) in [4.78, 5) is 14.9. The summed E-state index contributed by atoms with van der Waals surface area (Å²) < 4.78 is 37.7. The lowest BCUT2D eigenvalue weighted by molar-refractivity contribution is -0.121. The lowest BCUT2D eigenvalue weighted by Crippen LogP contribution is -2.54. The molecule has 0 saturated carbocycles. The number of piperazine rings is 1. The lowest BCUT2D eigenvalue weighted by atomic mass is 10.1. The number of hydrogen-bond acceptors (Lipinski definition) is 7. The largest absolute Gasteiger partial charge is 0.495 e. The molecule has 1 aliphatic rings. The molecule has 0 unspecified atom stereocenters. The number of ether oxygens (including phenoxy) is 1. The number of amides is 1. The minimum atomic E-state index is -3.69. The van der Waals surface area contributed by atoms with Crippen molar-refractivity contribution in [3.05, 3.63) is 34.2 Å². The van der Waals surface area contributed by atoms with Crippen molar-refractivity contribution in [3.8, 4) is 5.75 Å². The van der Waals surface area contributed by atoms with Gasteiger partial charge in [-0.05, 0) is 39.3 Å². The maximum absolute atomic E-state index is 13.0. The van der Waals surface area contributed by atoms with Crippen molar-refractivity contribution in [3.63, 3.8) is 0 Å². The van der Waals surface area contributed by atoms with E-state index in [2.05, 4.69) is 10.5 Å². The van der Waals surface area contributed by atoms with Gasteiger partial charge in [-0.15, -0.1) is 0 Å². The Morgan fingerprint density at radius 1 is 1.23 bits per heavy atom. The second kappa shape index (κ2) is 9.15. The number of carbonyl (C=O) groups excluding carboxylic acids is 1. The molecular weight excluding hydrogens is 444 g/mol. The Balaban J connectivity index is 1.66. The van der Waals surface area contributed by atoms with E-state index in [1.54, 1.807) is 32.9 Å². The van der Waals surface area contributed by atoms with E-state index in [0.29, 0.717) is 35.2 Å². The lowest BCUT2D eigenvalue weighted by Gasteiger charge is -2.36. The van der Waals surface area contributed by atoms with Gasteiger partial charge in [0.05, 0.1) is 18.8 Å². The predicted molar refractivity (Wildman–Crippen MR) is 117 cm³/mol. The fourth-order valence-corrected chi connectivity index (χ4v) is 5.50. The first-order valence-corrected chi connectivity index (χ1v) is 11.7. The third-order valence-electron chi connectivity index (χ3n) is 5.50. The van der Waals surface area contributed by atoms with Crippen molar-refractivity contribution in [2.45, 2.75) is 38.6 Å². The zero-order valence-electron chi connectivity index (χ0n) is 18.2. The number of aromatic nitrogens is 1. The van der Waals surface area contributed by atoms with Crippen LogP contribution in [0.1, 0.15) is 23.9 Å². The van der Waals surface area contributed by atoms with Gasteiger partial charge in [-0.25, -0.2) is 8.42 Å². The van der Waals surface area contributed by atoms with Gasteiger partial charge in [0.15, 0.2) is 5.76 Å². The van der Waals surface area contributed by atoms with E-state index >= 15 is 0 Å². The summed E-state index contributed by atoms with van der Waals surface area (Å²) in [6.45, 7) is 8.23. The summed E-state index contributed by atoms with van der Waals surface area (Å²) in [5.74, 6) is 0.549. The molecule has 9 nitrogen and oxygen atoms in total. The van der Waals surface area contributed by atoms with Crippen molar-refractivity contribution in [1.29, 1.82) is 0 Å². The number of methoxy groups -OCH3 is 1. The van der Waals surface area contributed by atoms with Gasteiger partial charge in [-0.1, -0.05) is 16.8 Å². The number of halogens is 1. The number of aryl methyl sites for hydroxylation is 3. The van der Waals surface area contributed by atoms with Gasteiger partial charge < -0.3 is 14.6 Å². The Hall–Kier alpha value is -2.14. The van der Waals surface area contributed by atoms with Crippen LogP contribution in [-0.2, 0) is 14.8 Å². The minimum absolute atomic E-state index is 0.122. The monoisotopic (exact) mass is 470 g/mol. The third kappa shape index (κ3) is 4.72. The van der Waals surface area contributed by atoms with E-state index in [4.69, 9.17) is 20.9 Å². The molecule has 0 radical (unpaired) electrons. The van der Waals surface area contributed by atoms with Gasteiger partial charge in [0.1, 0.15) is 16.3 Å². The zero-order chi connectivity index (χ0) is 22.9. The van der Waals surface area contributed by atoms with E-state index in [1.807, 2.05) is 11.8 Å². The molecule has 1 aromatic carbocycles. The summed E-state index contributed by atoms with van der Waals surface area (Å²) in [7, 11) is -2.18. The van der Waals surface area contributed by atoms with Crippen LogP contribution >= 0.6 is 11.6 Å². The fourth-order valence-electron chi connectivity index (χ4n) is 3.64. The van der Waals surface area contributed by atoms with Crippen LogP contribution in [0.5, 0.6) is 5.75 Å². The standard InChI is InChI=1S/C20H27ClN4O5S/c1-12-10-17(18(29-5)11-16(12)21)22-20(26)14(3)24-6-8-25(9-7-24)31(27,28)19-13(2)23-30-15(19)4/h10-11,14H,6-9H2,1-5H3,(H,22,26)/t14-/m1/s1. The van der Waals surface area contributed by atoms with Crippen molar-refractivity contribution in [2.75, 3.05) is 38.6 Å². The van der Waals surface area contributed by atoms with Crippen LogP contribution in [0.25, 0.3) is 0 Å². The Bertz CT molecular complexity index is 1060. The quantitative estimate of drug-likeness (QED) is 0.691. The van der Waals surface area contributed by atoms with Crippen molar-refractivity contribution in [2.24, 2.45) is 0 Å². The summed E-state index contributed by atoms with van der Waals surface area (Å²) in [6.07, 6.45) is 0. The van der Waals surface area contributed by atoms with E-state index in [1.165, 1.54) is 11.4 Å². The maximum Gasteiger partial charge on any atom is 0.248 e. The molecule has 1 aromatic heterocycles. The topological polar surface area (TPSA) is 105 Å². The molecule has 1 aliphatic heterocycles. The number of sulfonamides is 1. The number of nitrogens with one attached hydrogen (secondary N) is 1.